The van der Waals surface area contributed by atoms with Gasteiger partial charge in [-0.3, -0.25) is 4.99 Å². The molecular formula is C23H28N6. The summed E-state index contributed by atoms with van der Waals surface area (Å²) < 4.78 is 0. The van der Waals surface area contributed by atoms with Crippen LogP contribution in [-0.2, 0) is 13.0 Å². The van der Waals surface area contributed by atoms with Crippen molar-refractivity contribution in [3.8, 4) is 12.5 Å². The Labute approximate surface area is 173 Å². The summed E-state index contributed by atoms with van der Waals surface area (Å²) in [5.41, 5.74) is 14.5. The maximum absolute atomic E-state index is 6.01. The standard InChI is InChI=1S/C23H28N6/c1-6-26-21-12-19(24)14-29(5)23(21)22(25-4)16(3)27-13-17-8-10-18-9-7-15(2)28-20(18)11-17/h1,8,10-11,14,26-28H,2-3,7,9,12-13,24H2,4-5H3. The quantitative estimate of drug-likeness (QED) is 0.342. The highest BCUT2D eigenvalue weighted by Gasteiger charge is 2.23. The second-order valence-corrected chi connectivity index (χ2v) is 7.21. The van der Waals surface area contributed by atoms with Gasteiger partial charge in [-0.2, -0.15) is 0 Å². The highest BCUT2D eigenvalue weighted by Crippen LogP contribution is 2.27. The lowest BCUT2D eigenvalue weighted by Gasteiger charge is -2.29. The Balaban J connectivity index is 1.75. The first-order valence-electron chi connectivity index (χ1n) is 9.53. The number of aryl methyl sites for hydroxylation is 1. The van der Waals surface area contributed by atoms with Crippen molar-refractivity contribution in [2.45, 2.75) is 25.8 Å². The van der Waals surface area contributed by atoms with Gasteiger partial charge < -0.3 is 26.6 Å². The summed E-state index contributed by atoms with van der Waals surface area (Å²) in [7, 11) is 3.66. The Morgan fingerprint density at radius 2 is 2.21 bits per heavy atom. The molecule has 0 aliphatic carbocycles. The number of allylic oxidation sites excluding steroid dienone is 1. The molecule has 6 nitrogen and oxygen atoms in total. The van der Waals surface area contributed by atoms with E-state index >= 15 is 0 Å². The average molecular weight is 389 g/mol. The van der Waals surface area contributed by atoms with E-state index < -0.39 is 0 Å². The molecule has 0 spiro atoms. The summed E-state index contributed by atoms with van der Waals surface area (Å²) in [5.74, 6) is 0. The highest BCUT2D eigenvalue weighted by molar-refractivity contribution is 6.11. The Bertz CT molecular complexity index is 974. The zero-order chi connectivity index (χ0) is 21.0. The maximum Gasteiger partial charge on any atom is 0.105 e. The fourth-order valence-corrected chi connectivity index (χ4v) is 3.64. The van der Waals surface area contributed by atoms with Gasteiger partial charge in [-0.05, 0) is 30.0 Å². The molecule has 2 aliphatic heterocycles. The van der Waals surface area contributed by atoms with E-state index in [2.05, 4.69) is 58.3 Å². The van der Waals surface area contributed by atoms with E-state index in [0.717, 1.165) is 58.3 Å². The van der Waals surface area contributed by atoms with E-state index in [1.54, 1.807) is 7.05 Å². The molecule has 29 heavy (non-hydrogen) atoms. The third-order valence-electron chi connectivity index (χ3n) is 5.02. The summed E-state index contributed by atoms with van der Waals surface area (Å²) >= 11 is 0. The first-order chi connectivity index (χ1) is 13.9. The van der Waals surface area contributed by atoms with E-state index in [-0.39, 0.29) is 0 Å². The molecule has 0 unspecified atom stereocenters. The zero-order valence-corrected chi connectivity index (χ0v) is 17.1. The molecule has 6 heteroatoms. The predicted octanol–water partition coefficient (Wildman–Crippen LogP) is 2.76. The number of rotatable bonds is 6. The van der Waals surface area contributed by atoms with Gasteiger partial charge >= 0.3 is 0 Å². The summed E-state index contributed by atoms with van der Waals surface area (Å²) in [6.45, 7) is 8.87. The lowest BCUT2D eigenvalue weighted by molar-refractivity contribution is 0.555. The van der Waals surface area contributed by atoms with Crippen molar-refractivity contribution in [1.82, 2.24) is 15.5 Å². The molecule has 1 aromatic carbocycles. The van der Waals surface area contributed by atoms with Crippen molar-refractivity contribution in [3.05, 3.63) is 77.2 Å². The fourth-order valence-electron chi connectivity index (χ4n) is 3.64. The van der Waals surface area contributed by atoms with Gasteiger partial charge in [0, 0.05) is 56.4 Å². The van der Waals surface area contributed by atoms with Crippen molar-refractivity contribution in [1.29, 1.82) is 0 Å². The maximum atomic E-state index is 6.01. The van der Waals surface area contributed by atoms with Crippen LogP contribution in [0.5, 0.6) is 0 Å². The monoisotopic (exact) mass is 388 g/mol. The van der Waals surface area contributed by atoms with Crippen LogP contribution in [0.15, 0.2) is 71.0 Å². The van der Waals surface area contributed by atoms with Crippen molar-refractivity contribution in [3.63, 3.8) is 0 Å². The molecule has 0 amide bonds. The van der Waals surface area contributed by atoms with E-state index in [1.165, 1.54) is 5.56 Å². The van der Waals surface area contributed by atoms with Crippen LogP contribution in [-0.4, -0.2) is 24.7 Å². The van der Waals surface area contributed by atoms with Gasteiger partial charge in [-0.25, -0.2) is 0 Å². The summed E-state index contributed by atoms with van der Waals surface area (Å²) in [6, 6.07) is 8.94. The molecule has 0 aromatic heterocycles. The van der Waals surface area contributed by atoms with Crippen LogP contribution < -0.4 is 21.7 Å². The average Bonchev–Trinajstić information content (AvgIpc) is 2.68. The number of anilines is 1. The van der Waals surface area contributed by atoms with Gasteiger partial charge in [-0.1, -0.05) is 31.7 Å². The SMILES string of the molecule is C#CNC1=C(C(=NC)C(=C)NCc2ccc3c(c2)NC(=C)CC3)N(C)C=C(N)C1. The van der Waals surface area contributed by atoms with Crippen molar-refractivity contribution in [2.24, 2.45) is 10.7 Å². The third kappa shape index (κ3) is 4.46. The predicted molar refractivity (Wildman–Crippen MR) is 121 cm³/mol. The number of nitrogens with zero attached hydrogens (tertiary/aromatic N) is 2. The van der Waals surface area contributed by atoms with E-state index in [4.69, 9.17) is 12.2 Å². The number of hydrogen-bond donors (Lipinski definition) is 4. The van der Waals surface area contributed by atoms with Gasteiger partial charge in [0.1, 0.15) is 5.71 Å². The first kappa shape index (κ1) is 20.2. The van der Waals surface area contributed by atoms with E-state index in [0.29, 0.717) is 13.0 Å². The van der Waals surface area contributed by atoms with Crippen LogP contribution in [0.25, 0.3) is 0 Å². The Hall–Kier alpha value is -3.59. The molecule has 0 saturated carbocycles. The molecule has 2 heterocycles. The van der Waals surface area contributed by atoms with Gasteiger partial charge in [-0.15, -0.1) is 0 Å². The number of hydrogen-bond acceptors (Lipinski definition) is 6. The molecule has 5 N–H and O–H groups in total. The van der Waals surface area contributed by atoms with Gasteiger partial charge in [0.2, 0.25) is 0 Å². The van der Waals surface area contributed by atoms with Crippen LogP contribution in [0.1, 0.15) is 24.0 Å². The van der Waals surface area contributed by atoms with Crippen LogP contribution in [0, 0.1) is 12.5 Å². The summed E-state index contributed by atoms with van der Waals surface area (Å²) in [5, 5.41) is 9.72. The van der Waals surface area contributed by atoms with Gasteiger partial charge in [0.05, 0.1) is 17.1 Å². The topological polar surface area (TPSA) is 77.7 Å². The van der Waals surface area contributed by atoms with Crippen LogP contribution in [0.3, 0.4) is 0 Å². The molecular weight excluding hydrogens is 360 g/mol. The molecule has 150 valence electrons. The van der Waals surface area contributed by atoms with Crippen LogP contribution >= 0.6 is 0 Å². The van der Waals surface area contributed by atoms with Crippen molar-refractivity contribution < 1.29 is 0 Å². The molecule has 0 atom stereocenters. The molecule has 0 radical (unpaired) electrons. The Morgan fingerprint density at radius 3 is 2.93 bits per heavy atom. The molecule has 0 bridgehead atoms. The minimum Gasteiger partial charge on any atom is -0.401 e. The zero-order valence-electron chi connectivity index (χ0n) is 17.1. The van der Waals surface area contributed by atoms with Crippen molar-refractivity contribution >= 4 is 11.4 Å². The minimum atomic E-state index is 0.538. The fraction of sp³-hybridized carbons (Fsp3) is 0.261. The van der Waals surface area contributed by atoms with E-state index in [1.807, 2.05) is 18.1 Å². The molecule has 0 saturated heterocycles. The van der Waals surface area contributed by atoms with E-state index in [9.17, 15) is 0 Å². The van der Waals surface area contributed by atoms with Gasteiger partial charge in [0.25, 0.3) is 0 Å². The number of nitrogens with one attached hydrogen (secondary N) is 3. The second kappa shape index (κ2) is 8.61. The lowest BCUT2D eigenvalue weighted by atomic mass is 9.99. The molecule has 3 rings (SSSR count). The van der Waals surface area contributed by atoms with Gasteiger partial charge in [0.15, 0.2) is 0 Å². The first-order valence-corrected chi connectivity index (χ1v) is 9.53. The molecule has 0 fully saturated rings. The summed E-state index contributed by atoms with van der Waals surface area (Å²) in [6.07, 6.45) is 9.88. The number of fused-ring (bicyclic) bond motifs is 1. The largest absolute Gasteiger partial charge is 0.401 e. The Kier molecular flexibility index (Phi) is 5.99. The number of aliphatic imine (C=N–C) groups is 1. The normalized spacial score (nSPS) is 16.4. The highest BCUT2D eigenvalue weighted by atomic mass is 15.1. The van der Waals surface area contributed by atoms with Crippen LogP contribution in [0.2, 0.25) is 0 Å². The molecule has 1 aromatic rings. The van der Waals surface area contributed by atoms with Crippen molar-refractivity contribution in [2.75, 3.05) is 19.4 Å². The second-order valence-electron chi connectivity index (χ2n) is 7.21. The smallest absolute Gasteiger partial charge is 0.105 e. The lowest BCUT2D eigenvalue weighted by Crippen LogP contribution is -2.33. The number of benzene rings is 1. The molecule has 2 aliphatic rings. The minimum absolute atomic E-state index is 0.538. The summed E-state index contributed by atoms with van der Waals surface area (Å²) in [4.78, 5) is 6.38. The Morgan fingerprint density at radius 1 is 1.41 bits per heavy atom. The third-order valence-corrected chi connectivity index (χ3v) is 5.02. The number of nitrogens with two attached hydrogens (primary N) is 1. The number of terminal acetylenes is 1. The van der Waals surface area contributed by atoms with Crippen LogP contribution in [0.4, 0.5) is 5.69 Å².